The molecule has 0 saturated carbocycles. The number of alkyl halides is 3. The van der Waals surface area contributed by atoms with Crippen LogP contribution in [-0.4, -0.2) is 55.6 Å². The molecule has 0 unspecified atom stereocenters. The molecule has 0 N–H and O–H groups in total. The fraction of sp³-hybridized carbons (Fsp3) is 0.700. The topological polar surface area (TPSA) is 9.72 Å². The highest BCUT2D eigenvalue weighted by Crippen LogP contribution is 2.35. The third kappa shape index (κ3) is 4.92. The SMILES string of the molecule is CC(C)CN1CCN(Cc2ccc(C(F)(F)F)cc2N2CCCC2)CC1. The van der Waals surface area contributed by atoms with Crippen LogP contribution >= 0.6 is 0 Å². The van der Waals surface area contributed by atoms with Gasteiger partial charge in [-0.05, 0) is 36.5 Å². The quantitative estimate of drug-likeness (QED) is 0.774. The van der Waals surface area contributed by atoms with Crippen molar-refractivity contribution in [3.05, 3.63) is 29.3 Å². The Morgan fingerprint density at radius 2 is 1.54 bits per heavy atom. The number of benzene rings is 1. The van der Waals surface area contributed by atoms with Crippen LogP contribution in [-0.2, 0) is 12.7 Å². The zero-order valence-electron chi connectivity index (χ0n) is 15.9. The summed E-state index contributed by atoms with van der Waals surface area (Å²) in [6.07, 6.45) is -2.16. The Kier molecular flexibility index (Phi) is 6.13. The van der Waals surface area contributed by atoms with E-state index in [1.165, 1.54) is 12.1 Å². The van der Waals surface area contributed by atoms with E-state index in [1.807, 2.05) is 0 Å². The van der Waals surface area contributed by atoms with Gasteiger partial charge in [-0.1, -0.05) is 19.9 Å². The Morgan fingerprint density at radius 3 is 2.12 bits per heavy atom. The maximum atomic E-state index is 13.2. The van der Waals surface area contributed by atoms with Crippen molar-refractivity contribution in [1.82, 2.24) is 9.80 Å². The standard InChI is InChI=1S/C20H30F3N3/c1-16(2)14-24-9-11-25(12-10-24)15-17-5-6-18(20(21,22)23)13-19(17)26-7-3-4-8-26/h5-6,13,16H,3-4,7-12,14-15H2,1-2H3. The molecule has 146 valence electrons. The molecule has 2 fully saturated rings. The van der Waals surface area contributed by atoms with E-state index in [1.54, 1.807) is 6.07 Å². The fourth-order valence-electron chi connectivity index (χ4n) is 4.01. The highest BCUT2D eigenvalue weighted by Gasteiger charge is 2.32. The summed E-state index contributed by atoms with van der Waals surface area (Å²) in [4.78, 5) is 6.98. The second-order valence-electron chi connectivity index (χ2n) is 8.01. The van der Waals surface area contributed by atoms with Crippen LogP contribution in [0.3, 0.4) is 0 Å². The summed E-state index contributed by atoms with van der Waals surface area (Å²) in [6, 6.07) is 4.29. The van der Waals surface area contributed by atoms with Crippen molar-refractivity contribution in [3.63, 3.8) is 0 Å². The first kappa shape index (κ1) is 19.5. The van der Waals surface area contributed by atoms with Crippen LogP contribution in [0.1, 0.15) is 37.8 Å². The van der Waals surface area contributed by atoms with Gasteiger partial charge in [0.05, 0.1) is 5.56 Å². The van der Waals surface area contributed by atoms with Crippen LogP contribution in [0.4, 0.5) is 18.9 Å². The van der Waals surface area contributed by atoms with E-state index >= 15 is 0 Å². The number of rotatable bonds is 5. The fourth-order valence-corrected chi connectivity index (χ4v) is 4.01. The number of hydrogen-bond donors (Lipinski definition) is 0. The Bertz CT molecular complexity index is 586. The molecule has 0 bridgehead atoms. The van der Waals surface area contributed by atoms with Crippen LogP contribution in [0.15, 0.2) is 18.2 Å². The molecule has 6 heteroatoms. The average Bonchev–Trinajstić information content (AvgIpc) is 3.10. The first-order valence-electron chi connectivity index (χ1n) is 9.72. The lowest BCUT2D eigenvalue weighted by Gasteiger charge is -2.36. The van der Waals surface area contributed by atoms with Crippen molar-refractivity contribution in [1.29, 1.82) is 0 Å². The first-order valence-corrected chi connectivity index (χ1v) is 9.72. The largest absolute Gasteiger partial charge is 0.416 e. The van der Waals surface area contributed by atoms with Gasteiger partial charge in [-0.15, -0.1) is 0 Å². The minimum atomic E-state index is -4.28. The normalized spacial score (nSPS) is 20.3. The minimum Gasteiger partial charge on any atom is -0.371 e. The zero-order valence-corrected chi connectivity index (χ0v) is 15.9. The molecule has 3 rings (SSSR count). The lowest BCUT2D eigenvalue weighted by Crippen LogP contribution is -2.47. The van der Waals surface area contributed by atoms with E-state index in [-0.39, 0.29) is 0 Å². The molecule has 0 spiro atoms. The van der Waals surface area contributed by atoms with Gasteiger partial charge in [-0.3, -0.25) is 4.90 Å². The second-order valence-corrected chi connectivity index (χ2v) is 8.01. The van der Waals surface area contributed by atoms with Gasteiger partial charge in [-0.2, -0.15) is 13.2 Å². The van der Waals surface area contributed by atoms with Crippen LogP contribution in [0.2, 0.25) is 0 Å². The number of anilines is 1. The molecule has 2 aliphatic rings. The molecule has 0 atom stereocenters. The molecule has 0 aliphatic carbocycles. The monoisotopic (exact) mass is 369 g/mol. The number of piperazine rings is 1. The molecule has 0 aromatic heterocycles. The Hall–Kier alpha value is -1.27. The van der Waals surface area contributed by atoms with Gasteiger partial charge < -0.3 is 9.80 Å². The Labute approximate surface area is 154 Å². The van der Waals surface area contributed by atoms with Gasteiger partial charge in [0.25, 0.3) is 0 Å². The molecule has 2 heterocycles. The third-order valence-electron chi connectivity index (χ3n) is 5.34. The smallest absolute Gasteiger partial charge is 0.371 e. The van der Waals surface area contributed by atoms with Crippen LogP contribution in [0.25, 0.3) is 0 Å². The van der Waals surface area contributed by atoms with Gasteiger partial charge >= 0.3 is 6.18 Å². The van der Waals surface area contributed by atoms with E-state index < -0.39 is 11.7 Å². The third-order valence-corrected chi connectivity index (χ3v) is 5.34. The maximum absolute atomic E-state index is 13.2. The average molecular weight is 369 g/mol. The minimum absolute atomic E-state index is 0.537. The van der Waals surface area contributed by atoms with E-state index in [0.29, 0.717) is 5.92 Å². The van der Waals surface area contributed by atoms with Crippen LogP contribution in [0, 0.1) is 5.92 Å². The maximum Gasteiger partial charge on any atom is 0.416 e. The number of nitrogens with zero attached hydrogens (tertiary/aromatic N) is 3. The van der Waals surface area contributed by atoms with Gasteiger partial charge in [0.1, 0.15) is 0 Å². The Morgan fingerprint density at radius 1 is 0.923 bits per heavy atom. The molecule has 2 saturated heterocycles. The summed E-state index contributed by atoms with van der Waals surface area (Å²) in [7, 11) is 0. The van der Waals surface area contributed by atoms with Crippen molar-refractivity contribution in [2.45, 2.75) is 39.4 Å². The van der Waals surface area contributed by atoms with Crippen molar-refractivity contribution < 1.29 is 13.2 Å². The molecular weight excluding hydrogens is 339 g/mol. The van der Waals surface area contributed by atoms with Crippen LogP contribution < -0.4 is 4.90 Å². The van der Waals surface area contributed by atoms with E-state index in [0.717, 1.165) is 76.5 Å². The van der Waals surface area contributed by atoms with Gasteiger partial charge in [0, 0.05) is 58.0 Å². The van der Waals surface area contributed by atoms with E-state index in [9.17, 15) is 13.2 Å². The molecule has 1 aromatic carbocycles. The summed E-state index contributed by atoms with van der Waals surface area (Å²) < 4.78 is 39.5. The van der Waals surface area contributed by atoms with Crippen molar-refractivity contribution >= 4 is 5.69 Å². The first-order chi connectivity index (χ1) is 12.3. The lowest BCUT2D eigenvalue weighted by molar-refractivity contribution is -0.137. The second kappa shape index (κ2) is 8.17. The molecule has 0 radical (unpaired) electrons. The highest BCUT2D eigenvalue weighted by molar-refractivity contribution is 5.56. The van der Waals surface area contributed by atoms with Crippen molar-refractivity contribution in [3.8, 4) is 0 Å². The molecular formula is C20H30F3N3. The van der Waals surface area contributed by atoms with Gasteiger partial charge in [-0.25, -0.2) is 0 Å². The summed E-state index contributed by atoms with van der Waals surface area (Å²) in [6.45, 7) is 12.1. The molecule has 0 amide bonds. The van der Waals surface area contributed by atoms with Crippen LogP contribution in [0.5, 0.6) is 0 Å². The predicted molar refractivity (Wildman–Crippen MR) is 99.4 cm³/mol. The van der Waals surface area contributed by atoms with Crippen molar-refractivity contribution in [2.75, 3.05) is 50.7 Å². The van der Waals surface area contributed by atoms with Crippen molar-refractivity contribution in [2.24, 2.45) is 5.92 Å². The predicted octanol–water partition coefficient (Wildman–Crippen LogP) is 4.08. The molecule has 2 aliphatic heterocycles. The zero-order chi connectivity index (χ0) is 18.7. The summed E-state index contributed by atoms with van der Waals surface area (Å²) in [5.74, 6) is 0.665. The number of hydrogen-bond acceptors (Lipinski definition) is 3. The van der Waals surface area contributed by atoms with E-state index in [4.69, 9.17) is 0 Å². The summed E-state index contributed by atoms with van der Waals surface area (Å²) in [5, 5.41) is 0. The molecule has 1 aromatic rings. The van der Waals surface area contributed by atoms with E-state index in [2.05, 4.69) is 28.5 Å². The summed E-state index contributed by atoms with van der Waals surface area (Å²) >= 11 is 0. The lowest BCUT2D eigenvalue weighted by atomic mass is 10.1. The van der Waals surface area contributed by atoms with Gasteiger partial charge in [0.15, 0.2) is 0 Å². The molecule has 26 heavy (non-hydrogen) atoms. The highest BCUT2D eigenvalue weighted by atomic mass is 19.4. The Balaban J connectivity index is 1.71. The molecule has 3 nitrogen and oxygen atoms in total. The summed E-state index contributed by atoms with van der Waals surface area (Å²) in [5.41, 5.74) is 1.27. The number of halogens is 3. The van der Waals surface area contributed by atoms with Gasteiger partial charge in [0.2, 0.25) is 0 Å².